The molecule has 0 radical (unpaired) electrons. The van der Waals surface area contributed by atoms with E-state index in [1.807, 2.05) is 13.8 Å². The van der Waals surface area contributed by atoms with Crippen LogP contribution in [0.5, 0.6) is 0 Å². The third kappa shape index (κ3) is 0.916. The van der Waals surface area contributed by atoms with E-state index < -0.39 is 0 Å². The van der Waals surface area contributed by atoms with Crippen molar-refractivity contribution in [3.05, 3.63) is 17.2 Å². The molecule has 0 amide bonds. The van der Waals surface area contributed by atoms with Crippen molar-refractivity contribution in [3.8, 4) is 0 Å². The van der Waals surface area contributed by atoms with Gasteiger partial charge in [0, 0.05) is 12.6 Å². The largest absolute Gasteiger partial charge is 0.242 e. The van der Waals surface area contributed by atoms with Crippen LogP contribution in [0.3, 0.4) is 0 Å². The molecule has 0 atom stereocenters. The van der Waals surface area contributed by atoms with E-state index >= 15 is 0 Å². The molecule has 1 rings (SSSR count). The van der Waals surface area contributed by atoms with Crippen molar-refractivity contribution in [1.82, 2.24) is 9.78 Å². The van der Waals surface area contributed by atoms with Crippen LogP contribution in [0.15, 0.2) is 0 Å². The summed E-state index contributed by atoms with van der Waals surface area (Å²) in [5.41, 5.74) is 1.52. The Morgan fingerprint density at radius 1 is 1.60 bits per heavy atom. The maximum Gasteiger partial charge on any atom is 0.214 e. The highest BCUT2D eigenvalue weighted by molar-refractivity contribution is 5.16. The van der Waals surface area contributed by atoms with Crippen molar-refractivity contribution in [2.45, 2.75) is 20.3 Å². The molecular formula is C7H11FN2. The fourth-order valence-electron chi connectivity index (χ4n) is 1.08. The van der Waals surface area contributed by atoms with Gasteiger partial charge in [-0.3, -0.25) is 0 Å². The second kappa shape index (κ2) is 2.40. The monoisotopic (exact) mass is 142 g/mol. The maximum absolute atomic E-state index is 12.9. The molecule has 0 aliphatic carbocycles. The van der Waals surface area contributed by atoms with E-state index in [9.17, 15) is 4.39 Å². The highest BCUT2D eigenvalue weighted by atomic mass is 19.1. The van der Waals surface area contributed by atoms with Gasteiger partial charge in [0.25, 0.3) is 0 Å². The van der Waals surface area contributed by atoms with Crippen molar-refractivity contribution in [1.29, 1.82) is 0 Å². The summed E-state index contributed by atoms with van der Waals surface area (Å²) in [5, 5.41) is 3.92. The van der Waals surface area contributed by atoms with Gasteiger partial charge in [0.1, 0.15) is 0 Å². The van der Waals surface area contributed by atoms with Crippen molar-refractivity contribution in [3.63, 3.8) is 0 Å². The lowest BCUT2D eigenvalue weighted by Gasteiger charge is -1.90. The first-order chi connectivity index (χ1) is 4.66. The van der Waals surface area contributed by atoms with E-state index in [0.29, 0.717) is 6.42 Å². The first-order valence-corrected chi connectivity index (χ1v) is 3.34. The zero-order valence-corrected chi connectivity index (χ0v) is 6.48. The zero-order valence-electron chi connectivity index (χ0n) is 6.48. The van der Waals surface area contributed by atoms with Crippen molar-refractivity contribution in [2.24, 2.45) is 7.05 Å². The fourth-order valence-corrected chi connectivity index (χ4v) is 1.08. The van der Waals surface area contributed by atoms with Crippen molar-refractivity contribution in [2.75, 3.05) is 0 Å². The maximum atomic E-state index is 12.9. The van der Waals surface area contributed by atoms with Gasteiger partial charge in [-0.25, -0.2) is 4.68 Å². The van der Waals surface area contributed by atoms with Gasteiger partial charge in [0.2, 0.25) is 5.95 Å². The molecule has 0 saturated carbocycles. The minimum atomic E-state index is -0.208. The van der Waals surface area contributed by atoms with Crippen LogP contribution in [0.1, 0.15) is 18.2 Å². The van der Waals surface area contributed by atoms with Gasteiger partial charge in [-0.15, -0.1) is 0 Å². The summed E-state index contributed by atoms with van der Waals surface area (Å²) in [7, 11) is 1.61. The molecule has 56 valence electrons. The summed E-state index contributed by atoms with van der Waals surface area (Å²) in [5.74, 6) is -0.208. The van der Waals surface area contributed by atoms with E-state index in [1.165, 1.54) is 4.68 Å². The van der Waals surface area contributed by atoms with Crippen LogP contribution < -0.4 is 0 Å². The Kier molecular flexibility index (Phi) is 1.74. The summed E-state index contributed by atoms with van der Waals surface area (Å²) < 4.78 is 14.2. The molecule has 0 bridgehead atoms. The van der Waals surface area contributed by atoms with Gasteiger partial charge < -0.3 is 0 Å². The molecule has 1 aromatic heterocycles. The van der Waals surface area contributed by atoms with E-state index in [2.05, 4.69) is 5.10 Å². The van der Waals surface area contributed by atoms with Gasteiger partial charge in [0.15, 0.2) is 0 Å². The first kappa shape index (κ1) is 7.25. The summed E-state index contributed by atoms with van der Waals surface area (Å²) in [6.07, 6.45) is 0.714. The normalized spacial score (nSPS) is 10.4. The molecule has 0 saturated heterocycles. The van der Waals surface area contributed by atoms with Crippen LogP contribution in [-0.2, 0) is 13.5 Å². The van der Waals surface area contributed by atoms with Gasteiger partial charge in [-0.1, -0.05) is 6.92 Å². The fraction of sp³-hybridized carbons (Fsp3) is 0.571. The van der Waals surface area contributed by atoms with E-state index in [-0.39, 0.29) is 5.95 Å². The molecule has 0 unspecified atom stereocenters. The summed E-state index contributed by atoms with van der Waals surface area (Å²) in [4.78, 5) is 0. The van der Waals surface area contributed by atoms with Crippen molar-refractivity contribution < 1.29 is 4.39 Å². The van der Waals surface area contributed by atoms with Gasteiger partial charge >= 0.3 is 0 Å². The number of aryl methyl sites for hydroxylation is 2. The predicted octanol–water partition coefficient (Wildman–Crippen LogP) is 1.43. The Morgan fingerprint density at radius 3 is 2.40 bits per heavy atom. The van der Waals surface area contributed by atoms with Crippen LogP contribution in [0, 0.1) is 12.9 Å². The Morgan fingerprint density at radius 2 is 2.20 bits per heavy atom. The molecule has 0 aliphatic heterocycles. The van der Waals surface area contributed by atoms with E-state index in [0.717, 1.165) is 11.3 Å². The second-order valence-electron chi connectivity index (χ2n) is 2.33. The van der Waals surface area contributed by atoms with Gasteiger partial charge in [0.05, 0.1) is 5.69 Å². The molecule has 1 aromatic rings. The SMILES string of the molecule is CCc1c(C)nn(C)c1F. The third-order valence-electron chi connectivity index (χ3n) is 1.62. The molecule has 10 heavy (non-hydrogen) atoms. The smallest absolute Gasteiger partial charge is 0.214 e. The quantitative estimate of drug-likeness (QED) is 0.580. The molecule has 0 fully saturated rings. The Hall–Kier alpha value is -0.860. The number of rotatable bonds is 1. The average molecular weight is 142 g/mol. The second-order valence-corrected chi connectivity index (χ2v) is 2.33. The topological polar surface area (TPSA) is 17.8 Å². The van der Waals surface area contributed by atoms with Crippen LogP contribution in [-0.4, -0.2) is 9.78 Å². The van der Waals surface area contributed by atoms with E-state index in [4.69, 9.17) is 0 Å². The Balaban J connectivity index is 3.20. The predicted molar refractivity (Wildman–Crippen MR) is 37.3 cm³/mol. The first-order valence-electron chi connectivity index (χ1n) is 3.34. The molecule has 3 heteroatoms. The highest BCUT2D eigenvalue weighted by Crippen LogP contribution is 2.10. The van der Waals surface area contributed by atoms with Gasteiger partial charge in [-0.05, 0) is 13.3 Å². The van der Waals surface area contributed by atoms with Gasteiger partial charge in [-0.2, -0.15) is 9.49 Å². The average Bonchev–Trinajstić information content (AvgIpc) is 2.09. The lowest BCUT2D eigenvalue weighted by Crippen LogP contribution is -1.94. The lowest BCUT2D eigenvalue weighted by atomic mass is 10.2. The number of hydrogen-bond acceptors (Lipinski definition) is 1. The third-order valence-corrected chi connectivity index (χ3v) is 1.62. The number of nitrogens with zero attached hydrogens (tertiary/aromatic N) is 2. The molecular weight excluding hydrogens is 131 g/mol. The molecule has 0 spiro atoms. The Labute approximate surface area is 59.7 Å². The molecule has 0 aliphatic rings. The zero-order chi connectivity index (χ0) is 7.72. The molecule has 0 N–H and O–H groups in total. The number of halogens is 1. The minimum absolute atomic E-state index is 0.208. The molecule has 2 nitrogen and oxygen atoms in total. The Bertz CT molecular complexity index is 240. The molecule has 0 aromatic carbocycles. The summed E-state index contributed by atoms with van der Waals surface area (Å²) in [6, 6.07) is 0. The van der Waals surface area contributed by atoms with Crippen LogP contribution in [0.4, 0.5) is 4.39 Å². The minimum Gasteiger partial charge on any atom is -0.242 e. The molecule has 1 heterocycles. The van der Waals surface area contributed by atoms with Crippen LogP contribution in [0.2, 0.25) is 0 Å². The summed E-state index contributed by atoms with van der Waals surface area (Å²) in [6.45, 7) is 3.75. The summed E-state index contributed by atoms with van der Waals surface area (Å²) >= 11 is 0. The van der Waals surface area contributed by atoms with Crippen molar-refractivity contribution >= 4 is 0 Å². The number of aromatic nitrogens is 2. The number of hydrogen-bond donors (Lipinski definition) is 0. The lowest BCUT2D eigenvalue weighted by molar-refractivity contribution is 0.496. The van der Waals surface area contributed by atoms with Crippen LogP contribution >= 0.6 is 0 Å². The standard InChI is InChI=1S/C7H11FN2/c1-4-6-5(2)9-10(3)7(6)8/h4H2,1-3H3. The van der Waals surface area contributed by atoms with E-state index in [1.54, 1.807) is 7.05 Å². The van der Waals surface area contributed by atoms with Crippen LogP contribution in [0.25, 0.3) is 0 Å². The highest BCUT2D eigenvalue weighted by Gasteiger charge is 2.09.